The Hall–Kier alpha value is -3.49. The van der Waals surface area contributed by atoms with E-state index in [1.54, 1.807) is 17.2 Å². The average Bonchev–Trinajstić information content (AvgIpc) is 3.60. The molecule has 0 aliphatic carbocycles. The van der Waals surface area contributed by atoms with Crippen LogP contribution in [-0.2, 0) is 28.2 Å². The van der Waals surface area contributed by atoms with E-state index >= 15 is 0 Å². The fraction of sp³-hybridized carbons (Fsp3) is 0.320. The Kier molecular flexibility index (Phi) is 5.93. The van der Waals surface area contributed by atoms with Gasteiger partial charge in [0.15, 0.2) is 11.7 Å². The van der Waals surface area contributed by atoms with Crippen molar-refractivity contribution in [2.75, 3.05) is 13.2 Å². The third-order valence-electron chi connectivity index (χ3n) is 5.68. The molecule has 3 heterocycles. The van der Waals surface area contributed by atoms with E-state index in [1.807, 2.05) is 49.4 Å². The number of nitrogens with zero attached hydrogens (tertiary/aromatic N) is 4. The molecule has 2 unspecified atom stereocenters. The summed E-state index contributed by atoms with van der Waals surface area (Å²) < 4.78 is 26.2. The van der Waals surface area contributed by atoms with Gasteiger partial charge in [-0.15, -0.1) is 0 Å². The normalized spacial score (nSPS) is 20.2. The van der Waals surface area contributed by atoms with E-state index in [9.17, 15) is 0 Å². The molecule has 0 amide bonds. The van der Waals surface area contributed by atoms with Gasteiger partial charge in [-0.05, 0) is 36.8 Å². The van der Waals surface area contributed by atoms with Crippen LogP contribution in [0.5, 0.6) is 5.75 Å². The molecule has 4 aromatic rings. The van der Waals surface area contributed by atoms with E-state index in [2.05, 4.69) is 28.1 Å². The second-order valence-electron chi connectivity index (χ2n) is 8.02. The van der Waals surface area contributed by atoms with E-state index in [0.29, 0.717) is 19.8 Å². The van der Waals surface area contributed by atoms with Crippen LogP contribution in [0.2, 0.25) is 0 Å². The van der Waals surface area contributed by atoms with Crippen molar-refractivity contribution in [3.05, 3.63) is 84.4 Å². The number of ether oxygens (including phenoxy) is 3. The van der Waals surface area contributed by atoms with Gasteiger partial charge in [-0.25, -0.2) is 14.6 Å². The standard InChI is InChI=1S/C25H26N4O4/c1-3-24-27-12-23(32-24)19-8-10-20(11-9-19)30-13-21-14-31-25(33-21,15-29-17-26-16-28-29)22-7-5-4-6-18(22)2/h4-12,16-17,21H,3,13-15H2,1-2H3. The van der Waals surface area contributed by atoms with Crippen LogP contribution in [-0.4, -0.2) is 39.1 Å². The van der Waals surface area contributed by atoms with Crippen molar-refractivity contribution in [1.82, 2.24) is 19.7 Å². The highest BCUT2D eigenvalue weighted by atomic mass is 16.8. The number of aryl methyl sites for hydroxylation is 2. The number of hydrogen-bond donors (Lipinski definition) is 0. The first-order valence-corrected chi connectivity index (χ1v) is 11.0. The van der Waals surface area contributed by atoms with Gasteiger partial charge < -0.3 is 18.6 Å². The van der Waals surface area contributed by atoms with Gasteiger partial charge in [-0.1, -0.05) is 31.2 Å². The van der Waals surface area contributed by atoms with Gasteiger partial charge in [0.1, 0.15) is 37.7 Å². The zero-order valence-corrected chi connectivity index (χ0v) is 18.7. The van der Waals surface area contributed by atoms with E-state index < -0.39 is 5.79 Å². The quantitative estimate of drug-likeness (QED) is 0.402. The SMILES string of the molecule is CCc1ncc(-c2ccc(OCC3COC(Cn4cncn4)(c4ccccc4C)O3)cc2)o1. The van der Waals surface area contributed by atoms with Crippen molar-refractivity contribution in [2.24, 2.45) is 0 Å². The summed E-state index contributed by atoms with van der Waals surface area (Å²) in [6.45, 7) is 5.25. The molecule has 2 aromatic carbocycles. The van der Waals surface area contributed by atoms with Crippen molar-refractivity contribution in [2.45, 2.75) is 38.7 Å². The molecule has 0 spiro atoms. The van der Waals surface area contributed by atoms with Crippen molar-refractivity contribution < 1.29 is 18.6 Å². The highest BCUT2D eigenvalue weighted by Gasteiger charge is 2.45. The molecular formula is C25H26N4O4. The minimum absolute atomic E-state index is 0.228. The average molecular weight is 447 g/mol. The predicted octanol–water partition coefficient (Wildman–Crippen LogP) is 4.15. The number of benzene rings is 2. The van der Waals surface area contributed by atoms with Gasteiger partial charge in [0.25, 0.3) is 0 Å². The fourth-order valence-corrected chi connectivity index (χ4v) is 4.00. The molecule has 0 N–H and O–H groups in total. The zero-order valence-electron chi connectivity index (χ0n) is 18.7. The molecule has 0 bridgehead atoms. The first-order chi connectivity index (χ1) is 16.1. The highest BCUT2D eigenvalue weighted by Crippen LogP contribution is 2.37. The topological polar surface area (TPSA) is 84.4 Å². The summed E-state index contributed by atoms with van der Waals surface area (Å²) in [6.07, 6.45) is 5.46. The molecular weight excluding hydrogens is 420 g/mol. The summed E-state index contributed by atoms with van der Waals surface area (Å²) in [6, 6.07) is 15.8. The summed E-state index contributed by atoms with van der Waals surface area (Å²) in [7, 11) is 0. The number of rotatable bonds is 8. The Morgan fingerprint density at radius 1 is 1.15 bits per heavy atom. The molecule has 1 saturated heterocycles. The summed E-state index contributed by atoms with van der Waals surface area (Å²) >= 11 is 0. The van der Waals surface area contributed by atoms with Crippen LogP contribution in [0, 0.1) is 6.92 Å². The molecule has 2 aromatic heterocycles. The molecule has 2 atom stereocenters. The van der Waals surface area contributed by atoms with Crippen molar-refractivity contribution in [1.29, 1.82) is 0 Å². The van der Waals surface area contributed by atoms with Crippen molar-refractivity contribution in [3.8, 4) is 17.1 Å². The van der Waals surface area contributed by atoms with Crippen molar-refractivity contribution in [3.63, 3.8) is 0 Å². The third kappa shape index (κ3) is 4.53. The lowest BCUT2D eigenvalue weighted by Gasteiger charge is -2.29. The Bertz CT molecular complexity index is 1190. The van der Waals surface area contributed by atoms with Gasteiger partial charge in [0, 0.05) is 17.5 Å². The smallest absolute Gasteiger partial charge is 0.216 e. The third-order valence-corrected chi connectivity index (χ3v) is 5.68. The lowest BCUT2D eigenvalue weighted by atomic mass is 10.00. The maximum absolute atomic E-state index is 6.46. The molecule has 0 saturated carbocycles. The maximum atomic E-state index is 6.46. The largest absolute Gasteiger partial charge is 0.491 e. The summed E-state index contributed by atoms with van der Waals surface area (Å²) in [5.41, 5.74) is 3.03. The Morgan fingerprint density at radius 2 is 2.00 bits per heavy atom. The number of aromatic nitrogens is 4. The van der Waals surface area contributed by atoms with Crippen LogP contribution in [0.3, 0.4) is 0 Å². The van der Waals surface area contributed by atoms with Crippen LogP contribution in [0.25, 0.3) is 11.3 Å². The molecule has 33 heavy (non-hydrogen) atoms. The maximum Gasteiger partial charge on any atom is 0.216 e. The minimum atomic E-state index is -0.944. The van der Waals surface area contributed by atoms with E-state index in [-0.39, 0.29) is 6.10 Å². The molecule has 5 rings (SSSR count). The highest BCUT2D eigenvalue weighted by molar-refractivity contribution is 5.57. The lowest BCUT2D eigenvalue weighted by Crippen LogP contribution is -2.35. The summed E-state index contributed by atoms with van der Waals surface area (Å²) in [4.78, 5) is 8.30. The zero-order chi connectivity index (χ0) is 22.7. The van der Waals surface area contributed by atoms with Crippen LogP contribution in [0.4, 0.5) is 0 Å². The van der Waals surface area contributed by atoms with Gasteiger partial charge in [0.05, 0.1) is 12.8 Å². The van der Waals surface area contributed by atoms with E-state index in [4.69, 9.17) is 18.6 Å². The van der Waals surface area contributed by atoms with E-state index in [0.717, 1.165) is 40.5 Å². The van der Waals surface area contributed by atoms with E-state index in [1.165, 1.54) is 6.33 Å². The Labute approximate surface area is 192 Å². The first kappa shape index (κ1) is 21.4. The Morgan fingerprint density at radius 3 is 2.73 bits per heavy atom. The monoisotopic (exact) mass is 446 g/mol. The molecule has 1 aliphatic rings. The predicted molar refractivity (Wildman–Crippen MR) is 121 cm³/mol. The second-order valence-corrected chi connectivity index (χ2v) is 8.02. The van der Waals surface area contributed by atoms with Gasteiger partial charge in [-0.3, -0.25) is 0 Å². The summed E-state index contributed by atoms with van der Waals surface area (Å²) in [5.74, 6) is 1.29. The van der Waals surface area contributed by atoms with Crippen molar-refractivity contribution >= 4 is 0 Å². The molecule has 1 aliphatic heterocycles. The van der Waals surface area contributed by atoms with Crippen LogP contribution >= 0.6 is 0 Å². The number of hydrogen-bond acceptors (Lipinski definition) is 7. The molecule has 8 heteroatoms. The summed E-state index contributed by atoms with van der Waals surface area (Å²) in [5, 5.41) is 4.24. The van der Waals surface area contributed by atoms with Crippen LogP contribution in [0.1, 0.15) is 23.9 Å². The van der Waals surface area contributed by atoms with Gasteiger partial charge >= 0.3 is 0 Å². The molecule has 170 valence electrons. The minimum Gasteiger partial charge on any atom is -0.491 e. The molecule has 8 nitrogen and oxygen atoms in total. The van der Waals surface area contributed by atoms with Crippen LogP contribution < -0.4 is 4.74 Å². The van der Waals surface area contributed by atoms with Gasteiger partial charge in [0.2, 0.25) is 5.79 Å². The lowest BCUT2D eigenvalue weighted by molar-refractivity contribution is -0.191. The molecule has 1 fully saturated rings. The van der Waals surface area contributed by atoms with Gasteiger partial charge in [-0.2, -0.15) is 5.10 Å². The second kappa shape index (κ2) is 9.17. The number of oxazole rings is 1. The molecule has 0 radical (unpaired) electrons. The Balaban J connectivity index is 1.27. The first-order valence-electron chi connectivity index (χ1n) is 11.0. The fourth-order valence-electron chi connectivity index (χ4n) is 4.00. The van der Waals surface area contributed by atoms with Crippen LogP contribution in [0.15, 0.2) is 71.8 Å².